The molecular formula is C12H16BrNS. The smallest absolute Gasteiger partial charge is 0.0355 e. The summed E-state index contributed by atoms with van der Waals surface area (Å²) in [7, 11) is 0. The van der Waals surface area contributed by atoms with Gasteiger partial charge in [-0.15, -0.1) is 11.3 Å². The van der Waals surface area contributed by atoms with Gasteiger partial charge in [-0.1, -0.05) is 0 Å². The monoisotopic (exact) mass is 285 g/mol. The zero-order chi connectivity index (χ0) is 10.5. The highest BCUT2D eigenvalue weighted by Crippen LogP contribution is 2.54. The predicted molar refractivity (Wildman–Crippen MR) is 68.6 cm³/mol. The van der Waals surface area contributed by atoms with Gasteiger partial charge in [-0.05, 0) is 60.0 Å². The third kappa shape index (κ3) is 1.51. The van der Waals surface area contributed by atoms with Gasteiger partial charge >= 0.3 is 0 Å². The van der Waals surface area contributed by atoms with Gasteiger partial charge in [-0.25, -0.2) is 0 Å². The predicted octanol–water partition coefficient (Wildman–Crippen LogP) is 3.38. The number of thiophene rings is 1. The van der Waals surface area contributed by atoms with E-state index in [0.29, 0.717) is 5.41 Å². The lowest BCUT2D eigenvalue weighted by atomic mass is 9.97. The Kier molecular flexibility index (Phi) is 2.45. The number of halogens is 1. The van der Waals surface area contributed by atoms with Crippen LogP contribution in [0.4, 0.5) is 0 Å². The zero-order valence-electron chi connectivity index (χ0n) is 8.81. The highest BCUT2D eigenvalue weighted by Gasteiger charge is 2.46. The van der Waals surface area contributed by atoms with E-state index in [0.717, 1.165) is 6.54 Å². The summed E-state index contributed by atoms with van der Waals surface area (Å²) >= 11 is 5.84. The van der Waals surface area contributed by atoms with Gasteiger partial charge < -0.3 is 5.73 Å². The van der Waals surface area contributed by atoms with Crippen LogP contribution < -0.4 is 5.73 Å². The maximum Gasteiger partial charge on any atom is 0.0355 e. The van der Waals surface area contributed by atoms with E-state index in [4.69, 9.17) is 5.73 Å². The number of rotatable bonds is 2. The Hall–Kier alpha value is 0.140. The molecule has 3 heteroatoms. The van der Waals surface area contributed by atoms with Gasteiger partial charge in [0.25, 0.3) is 0 Å². The fourth-order valence-electron chi connectivity index (χ4n) is 2.54. The molecule has 0 amide bonds. The summed E-state index contributed by atoms with van der Waals surface area (Å²) in [4.78, 5) is 3.18. The van der Waals surface area contributed by atoms with Crippen molar-refractivity contribution in [1.82, 2.24) is 0 Å². The van der Waals surface area contributed by atoms with Crippen LogP contribution in [-0.4, -0.2) is 6.54 Å². The Morgan fingerprint density at radius 1 is 1.27 bits per heavy atom. The summed E-state index contributed by atoms with van der Waals surface area (Å²) in [5.74, 6) is 0. The molecule has 1 aromatic heterocycles. The van der Waals surface area contributed by atoms with Gasteiger partial charge in [0.1, 0.15) is 0 Å². The Labute approximate surface area is 103 Å². The average Bonchev–Trinajstić information content (AvgIpc) is 3.00. The number of hydrogen-bond acceptors (Lipinski definition) is 2. The molecule has 0 radical (unpaired) electrons. The van der Waals surface area contributed by atoms with Crippen molar-refractivity contribution in [2.75, 3.05) is 6.54 Å². The Balaban J connectivity index is 2.06. The van der Waals surface area contributed by atoms with Gasteiger partial charge in [-0.2, -0.15) is 0 Å². The highest BCUT2D eigenvalue weighted by molar-refractivity contribution is 9.10. The van der Waals surface area contributed by atoms with Crippen LogP contribution in [0, 0.1) is 0 Å². The Morgan fingerprint density at radius 2 is 2.00 bits per heavy atom. The van der Waals surface area contributed by atoms with Crippen LogP contribution in [0.2, 0.25) is 0 Å². The van der Waals surface area contributed by atoms with E-state index in [-0.39, 0.29) is 0 Å². The minimum absolute atomic E-state index is 0.362. The first kappa shape index (κ1) is 10.3. The van der Waals surface area contributed by atoms with Gasteiger partial charge in [0.05, 0.1) is 0 Å². The third-order valence-corrected chi connectivity index (χ3v) is 6.51. The summed E-state index contributed by atoms with van der Waals surface area (Å²) < 4.78 is 1.41. The van der Waals surface area contributed by atoms with Gasteiger partial charge in [0.15, 0.2) is 0 Å². The molecule has 82 valence electrons. The van der Waals surface area contributed by atoms with Gasteiger partial charge in [0.2, 0.25) is 0 Å². The first-order chi connectivity index (χ1) is 7.27. The molecule has 15 heavy (non-hydrogen) atoms. The van der Waals surface area contributed by atoms with Crippen LogP contribution in [0.5, 0.6) is 0 Å². The standard InChI is InChI=1S/C12H16BrNS/c13-10-8-3-1-2-4-9(8)15-11(10)12(7-14)5-6-12/h1-7,14H2. The SMILES string of the molecule is NCC1(c2sc3c(c2Br)CCCC3)CC1. The van der Waals surface area contributed by atoms with Crippen LogP contribution in [0.1, 0.15) is 41.0 Å². The van der Waals surface area contributed by atoms with Crippen LogP contribution >= 0.6 is 27.3 Å². The van der Waals surface area contributed by atoms with Crippen molar-refractivity contribution in [3.63, 3.8) is 0 Å². The molecule has 1 aromatic rings. The first-order valence-corrected chi connectivity index (χ1v) is 7.38. The summed E-state index contributed by atoms with van der Waals surface area (Å²) in [6.07, 6.45) is 7.88. The number of fused-ring (bicyclic) bond motifs is 1. The van der Waals surface area contributed by atoms with E-state index in [2.05, 4.69) is 15.9 Å². The fraction of sp³-hybridized carbons (Fsp3) is 0.667. The molecule has 2 aliphatic carbocycles. The number of aryl methyl sites for hydroxylation is 1. The van der Waals surface area contributed by atoms with Crippen molar-refractivity contribution in [3.8, 4) is 0 Å². The largest absolute Gasteiger partial charge is 0.330 e. The van der Waals surface area contributed by atoms with E-state index in [1.807, 2.05) is 11.3 Å². The molecule has 1 nitrogen and oxygen atoms in total. The average molecular weight is 286 g/mol. The van der Waals surface area contributed by atoms with E-state index >= 15 is 0 Å². The molecule has 0 saturated heterocycles. The Morgan fingerprint density at radius 3 is 2.60 bits per heavy atom. The van der Waals surface area contributed by atoms with Crippen LogP contribution in [0.25, 0.3) is 0 Å². The second kappa shape index (κ2) is 3.57. The van der Waals surface area contributed by atoms with E-state index in [9.17, 15) is 0 Å². The molecule has 1 saturated carbocycles. The summed E-state index contributed by atoms with van der Waals surface area (Å²) in [5.41, 5.74) is 7.87. The van der Waals surface area contributed by atoms with E-state index in [1.165, 1.54) is 43.0 Å². The normalized spacial score (nSPS) is 22.5. The summed E-state index contributed by atoms with van der Waals surface area (Å²) in [6.45, 7) is 0.824. The highest BCUT2D eigenvalue weighted by atomic mass is 79.9. The molecule has 0 aliphatic heterocycles. The lowest BCUT2D eigenvalue weighted by Crippen LogP contribution is -2.18. The minimum Gasteiger partial charge on any atom is -0.330 e. The topological polar surface area (TPSA) is 26.0 Å². The lowest BCUT2D eigenvalue weighted by molar-refractivity contribution is 0.690. The van der Waals surface area contributed by atoms with Crippen molar-refractivity contribution in [3.05, 3.63) is 19.8 Å². The third-order valence-electron chi connectivity index (χ3n) is 3.83. The second-order valence-electron chi connectivity index (χ2n) is 4.84. The number of nitrogens with two attached hydrogens (primary N) is 1. The molecule has 2 N–H and O–H groups in total. The van der Waals surface area contributed by atoms with E-state index in [1.54, 1.807) is 15.3 Å². The lowest BCUT2D eigenvalue weighted by Gasteiger charge is -2.11. The molecule has 0 spiro atoms. The maximum absolute atomic E-state index is 5.91. The molecule has 0 atom stereocenters. The summed E-state index contributed by atoms with van der Waals surface area (Å²) in [5, 5.41) is 0. The second-order valence-corrected chi connectivity index (χ2v) is 6.74. The fourth-order valence-corrected chi connectivity index (χ4v) is 5.31. The van der Waals surface area contributed by atoms with Crippen molar-refractivity contribution in [2.24, 2.45) is 5.73 Å². The quantitative estimate of drug-likeness (QED) is 0.886. The van der Waals surface area contributed by atoms with Crippen LogP contribution in [0.3, 0.4) is 0 Å². The zero-order valence-corrected chi connectivity index (χ0v) is 11.2. The molecular weight excluding hydrogens is 270 g/mol. The molecule has 1 heterocycles. The minimum atomic E-state index is 0.362. The van der Waals surface area contributed by atoms with Gasteiger partial charge in [-0.3, -0.25) is 0 Å². The molecule has 0 unspecified atom stereocenters. The van der Waals surface area contributed by atoms with Crippen molar-refractivity contribution in [2.45, 2.75) is 43.9 Å². The van der Waals surface area contributed by atoms with Crippen LogP contribution in [0.15, 0.2) is 4.47 Å². The van der Waals surface area contributed by atoms with Crippen molar-refractivity contribution >= 4 is 27.3 Å². The van der Waals surface area contributed by atoms with Gasteiger partial charge in [0, 0.05) is 26.2 Å². The first-order valence-electron chi connectivity index (χ1n) is 5.77. The molecule has 1 fully saturated rings. The van der Waals surface area contributed by atoms with Crippen LogP contribution in [-0.2, 0) is 18.3 Å². The maximum atomic E-state index is 5.91. The molecule has 2 aliphatic rings. The molecule has 0 bridgehead atoms. The molecule has 3 rings (SSSR count). The summed E-state index contributed by atoms with van der Waals surface area (Å²) in [6, 6.07) is 0. The Bertz CT molecular complexity index is 393. The van der Waals surface area contributed by atoms with Crippen molar-refractivity contribution < 1.29 is 0 Å². The number of hydrogen-bond donors (Lipinski definition) is 1. The van der Waals surface area contributed by atoms with E-state index < -0.39 is 0 Å². The molecule has 0 aromatic carbocycles. The van der Waals surface area contributed by atoms with Crippen molar-refractivity contribution in [1.29, 1.82) is 0 Å².